The first-order valence-electron chi connectivity index (χ1n) is 4.57. The fourth-order valence-electron chi connectivity index (χ4n) is 0.988. The van der Waals surface area contributed by atoms with E-state index in [1.807, 2.05) is 0 Å². The van der Waals surface area contributed by atoms with Gasteiger partial charge in [0.25, 0.3) is 0 Å². The third kappa shape index (κ3) is 3.61. The van der Waals surface area contributed by atoms with E-state index in [1.54, 1.807) is 12.1 Å². The fraction of sp³-hybridized carbons (Fsp3) is 0.273. The molecule has 1 aromatic heterocycles. The van der Waals surface area contributed by atoms with Crippen LogP contribution in [0.3, 0.4) is 0 Å². The predicted molar refractivity (Wildman–Crippen MR) is 54.3 cm³/mol. The lowest BCUT2D eigenvalue weighted by Gasteiger charge is -2.03. The SMILES string of the molecule is C=C(CC(=O)OCc1ccco1)C(=O)OC. The topological polar surface area (TPSA) is 65.7 Å². The molecule has 0 amide bonds. The molecular weight excluding hydrogens is 212 g/mol. The van der Waals surface area contributed by atoms with Crippen LogP contribution in [0.25, 0.3) is 0 Å². The minimum Gasteiger partial charge on any atom is -0.466 e. The quantitative estimate of drug-likeness (QED) is 0.559. The van der Waals surface area contributed by atoms with Gasteiger partial charge in [0.15, 0.2) is 0 Å². The van der Waals surface area contributed by atoms with Crippen LogP contribution in [0, 0.1) is 0 Å². The molecule has 0 aromatic carbocycles. The van der Waals surface area contributed by atoms with Crippen molar-refractivity contribution < 1.29 is 23.5 Å². The van der Waals surface area contributed by atoms with E-state index in [2.05, 4.69) is 11.3 Å². The number of hydrogen-bond acceptors (Lipinski definition) is 5. The van der Waals surface area contributed by atoms with Crippen molar-refractivity contribution in [2.24, 2.45) is 0 Å². The molecule has 0 aliphatic carbocycles. The summed E-state index contributed by atoms with van der Waals surface area (Å²) in [7, 11) is 1.22. The van der Waals surface area contributed by atoms with Crippen molar-refractivity contribution in [1.82, 2.24) is 0 Å². The fourth-order valence-corrected chi connectivity index (χ4v) is 0.988. The van der Waals surface area contributed by atoms with Crippen LogP contribution in [0.1, 0.15) is 12.2 Å². The molecule has 1 rings (SSSR count). The molecule has 1 heterocycles. The van der Waals surface area contributed by atoms with Crippen molar-refractivity contribution >= 4 is 11.9 Å². The van der Waals surface area contributed by atoms with Gasteiger partial charge in [-0.05, 0) is 12.1 Å². The Morgan fingerprint density at radius 3 is 2.81 bits per heavy atom. The maximum atomic E-state index is 11.2. The molecule has 5 heteroatoms. The zero-order chi connectivity index (χ0) is 12.0. The molecule has 0 atom stereocenters. The van der Waals surface area contributed by atoms with Gasteiger partial charge in [0.2, 0.25) is 0 Å². The summed E-state index contributed by atoms with van der Waals surface area (Å²) in [4.78, 5) is 22.2. The number of hydrogen-bond donors (Lipinski definition) is 0. The second-order valence-electron chi connectivity index (χ2n) is 3.01. The zero-order valence-electron chi connectivity index (χ0n) is 8.89. The van der Waals surface area contributed by atoms with Crippen LogP contribution in [0.15, 0.2) is 35.0 Å². The third-order valence-electron chi connectivity index (χ3n) is 1.79. The second kappa shape index (κ2) is 5.75. The Kier molecular flexibility index (Phi) is 4.32. The van der Waals surface area contributed by atoms with Gasteiger partial charge in [-0.15, -0.1) is 0 Å². The summed E-state index contributed by atoms with van der Waals surface area (Å²) in [5.41, 5.74) is 0.0620. The number of ether oxygens (including phenoxy) is 2. The third-order valence-corrected chi connectivity index (χ3v) is 1.79. The maximum absolute atomic E-state index is 11.2. The van der Waals surface area contributed by atoms with Crippen LogP contribution >= 0.6 is 0 Å². The van der Waals surface area contributed by atoms with Crippen LogP contribution in [0.4, 0.5) is 0 Å². The minimum absolute atomic E-state index is 0.0420. The molecule has 0 saturated carbocycles. The van der Waals surface area contributed by atoms with Gasteiger partial charge in [0, 0.05) is 5.57 Å². The summed E-state index contributed by atoms with van der Waals surface area (Å²) in [6.45, 7) is 3.45. The van der Waals surface area contributed by atoms with Crippen LogP contribution in [0.5, 0.6) is 0 Å². The number of carbonyl (C=O) groups is 2. The largest absolute Gasteiger partial charge is 0.466 e. The summed E-state index contributed by atoms with van der Waals surface area (Å²) in [6, 6.07) is 3.37. The minimum atomic E-state index is -0.616. The number of furan rings is 1. The highest BCUT2D eigenvalue weighted by Crippen LogP contribution is 2.06. The van der Waals surface area contributed by atoms with Crippen molar-refractivity contribution in [3.05, 3.63) is 36.3 Å². The lowest BCUT2D eigenvalue weighted by Crippen LogP contribution is -2.11. The number of carbonyl (C=O) groups excluding carboxylic acids is 2. The molecule has 0 aliphatic heterocycles. The first kappa shape index (κ1) is 12.0. The van der Waals surface area contributed by atoms with E-state index in [-0.39, 0.29) is 18.6 Å². The Balaban J connectivity index is 2.31. The first-order chi connectivity index (χ1) is 7.63. The molecule has 0 N–H and O–H groups in total. The average Bonchev–Trinajstić information content (AvgIpc) is 2.78. The second-order valence-corrected chi connectivity index (χ2v) is 3.01. The zero-order valence-corrected chi connectivity index (χ0v) is 8.89. The molecule has 0 aliphatic rings. The Hall–Kier alpha value is -2.04. The standard InChI is InChI=1S/C11H12O5/c1-8(11(13)14-2)6-10(12)16-7-9-4-3-5-15-9/h3-5H,1,6-7H2,2H3. The van der Waals surface area contributed by atoms with Gasteiger partial charge in [-0.2, -0.15) is 0 Å². The molecule has 0 bridgehead atoms. The van der Waals surface area contributed by atoms with Gasteiger partial charge < -0.3 is 13.9 Å². The summed E-state index contributed by atoms with van der Waals surface area (Å²) < 4.78 is 14.2. The maximum Gasteiger partial charge on any atom is 0.333 e. The summed E-state index contributed by atoms with van der Waals surface area (Å²) in [6.07, 6.45) is 1.30. The van der Waals surface area contributed by atoms with Crippen LogP contribution in [-0.2, 0) is 25.7 Å². The van der Waals surface area contributed by atoms with E-state index in [0.717, 1.165) is 0 Å². The summed E-state index contributed by atoms with van der Waals surface area (Å²) in [5.74, 6) is -0.626. The van der Waals surface area contributed by atoms with E-state index < -0.39 is 11.9 Å². The highest BCUT2D eigenvalue weighted by atomic mass is 16.5. The predicted octanol–water partition coefficient (Wildman–Crippen LogP) is 1.44. The number of esters is 2. The van der Waals surface area contributed by atoms with E-state index >= 15 is 0 Å². The van der Waals surface area contributed by atoms with Crippen molar-refractivity contribution in [3.63, 3.8) is 0 Å². The Labute approximate surface area is 92.6 Å². The van der Waals surface area contributed by atoms with E-state index in [9.17, 15) is 9.59 Å². The molecule has 16 heavy (non-hydrogen) atoms. The first-order valence-corrected chi connectivity index (χ1v) is 4.57. The van der Waals surface area contributed by atoms with E-state index in [0.29, 0.717) is 5.76 Å². The number of methoxy groups -OCH3 is 1. The lowest BCUT2D eigenvalue weighted by molar-refractivity contribution is -0.146. The molecule has 0 saturated heterocycles. The normalized spacial score (nSPS) is 9.56. The molecule has 86 valence electrons. The smallest absolute Gasteiger partial charge is 0.333 e. The number of rotatable bonds is 5. The summed E-state index contributed by atoms with van der Waals surface area (Å²) in [5, 5.41) is 0. The Morgan fingerprint density at radius 1 is 1.50 bits per heavy atom. The van der Waals surface area contributed by atoms with Gasteiger partial charge in [0.05, 0.1) is 19.8 Å². The van der Waals surface area contributed by atoms with Crippen LogP contribution < -0.4 is 0 Å². The van der Waals surface area contributed by atoms with E-state index in [4.69, 9.17) is 9.15 Å². The highest BCUT2D eigenvalue weighted by Gasteiger charge is 2.13. The van der Waals surface area contributed by atoms with Crippen molar-refractivity contribution in [3.8, 4) is 0 Å². The van der Waals surface area contributed by atoms with Gasteiger partial charge >= 0.3 is 11.9 Å². The van der Waals surface area contributed by atoms with Crippen molar-refractivity contribution in [1.29, 1.82) is 0 Å². The lowest BCUT2D eigenvalue weighted by atomic mass is 10.2. The molecule has 1 aromatic rings. The van der Waals surface area contributed by atoms with Crippen molar-refractivity contribution in [2.75, 3.05) is 7.11 Å². The van der Waals surface area contributed by atoms with Crippen molar-refractivity contribution in [2.45, 2.75) is 13.0 Å². The van der Waals surface area contributed by atoms with Gasteiger partial charge in [0.1, 0.15) is 12.4 Å². The molecule has 0 fully saturated rings. The van der Waals surface area contributed by atoms with Crippen LogP contribution in [0.2, 0.25) is 0 Å². The monoisotopic (exact) mass is 224 g/mol. The highest BCUT2D eigenvalue weighted by molar-refractivity contribution is 5.93. The molecule has 0 spiro atoms. The van der Waals surface area contributed by atoms with Gasteiger partial charge in [-0.3, -0.25) is 4.79 Å². The van der Waals surface area contributed by atoms with E-state index in [1.165, 1.54) is 13.4 Å². The Morgan fingerprint density at radius 2 is 2.25 bits per heavy atom. The molecule has 0 radical (unpaired) electrons. The average molecular weight is 224 g/mol. The molecular formula is C11H12O5. The van der Waals surface area contributed by atoms with Gasteiger partial charge in [-0.25, -0.2) is 4.79 Å². The molecule has 5 nitrogen and oxygen atoms in total. The van der Waals surface area contributed by atoms with Gasteiger partial charge in [-0.1, -0.05) is 6.58 Å². The summed E-state index contributed by atoms with van der Waals surface area (Å²) >= 11 is 0. The molecule has 0 unspecified atom stereocenters. The Bertz CT molecular complexity index is 377. The van der Waals surface area contributed by atoms with Crippen LogP contribution in [-0.4, -0.2) is 19.0 Å².